The quantitative estimate of drug-likeness (QED) is 0.589. The van der Waals surface area contributed by atoms with Gasteiger partial charge in [0.2, 0.25) is 21.4 Å². The summed E-state index contributed by atoms with van der Waals surface area (Å²) in [7, 11) is -2.15. The zero-order valence-corrected chi connectivity index (χ0v) is 15.9. The average Bonchev–Trinajstić information content (AvgIpc) is 2.64. The molecule has 0 spiro atoms. The largest absolute Gasteiger partial charge is 0.497 e. The summed E-state index contributed by atoms with van der Waals surface area (Å²) in [5.74, 6) is 0.762. The van der Waals surface area contributed by atoms with Crippen LogP contribution in [0.1, 0.15) is 18.1 Å². The van der Waals surface area contributed by atoms with Crippen LogP contribution in [0.2, 0.25) is 0 Å². The third-order valence-electron chi connectivity index (χ3n) is 3.88. The second-order valence-electron chi connectivity index (χ2n) is 5.84. The fourth-order valence-electron chi connectivity index (χ4n) is 2.51. The van der Waals surface area contributed by atoms with Crippen LogP contribution in [0.5, 0.6) is 11.6 Å². The van der Waals surface area contributed by atoms with Gasteiger partial charge in [-0.25, -0.2) is 13.2 Å². The number of aryl methyl sites for hydroxylation is 1. The summed E-state index contributed by atoms with van der Waals surface area (Å²) in [5, 5.41) is -0.0749. The Morgan fingerprint density at radius 3 is 2.44 bits per heavy atom. The Morgan fingerprint density at radius 1 is 1.15 bits per heavy atom. The van der Waals surface area contributed by atoms with Crippen LogP contribution in [-0.4, -0.2) is 31.8 Å². The Kier molecular flexibility index (Phi) is 5.13. The fourth-order valence-corrected chi connectivity index (χ4v) is 3.01. The SMILES string of the molecule is CCc1cc(=O)oc2nc(S(C)(=O)=O)nc(OCc3ccc(OC)cc3)c12. The first-order chi connectivity index (χ1) is 12.8. The smallest absolute Gasteiger partial charge is 0.337 e. The van der Waals surface area contributed by atoms with E-state index in [0.717, 1.165) is 11.8 Å². The van der Waals surface area contributed by atoms with E-state index in [1.54, 1.807) is 19.2 Å². The molecule has 142 valence electrons. The van der Waals surface area contributed by atoms with Gasteiger partial charge in [0.25, 0.3) is 5.16 Å². The van der Waals surface area contributed by atoms with Crippen molar-refractivity contribution in [2.45, 2.75) is 25.1 Å². The molecule has 1 aromatic carbocycles. The topological polar surface area (TPSA) is 109 Å². The van der Waals surface area contributed by atoms with Gasteiger partial charge in [0, 0.05) is 12.3 Å². The summed E-state index contributed by atoms with van der Waals surface area (Å²) in [6.07, 6.45) is 1.48. The summed E-state index contributed by atoms with van der Waals surface area (Å²) in [5.41, 5.74) is 0.725. The van der Waals surface area contributed by atoms with Gasteiger partial charge in [-0.3, -0.25) is 0 Å². The van der Waals surface area contributed by atoms with E-state index in [1.807, 2.05) is 19.1 Å². The van der Waals surface area contributed by atoms with Crippen LogP contribution in [0, 0.1) is 0 Å². The molecule has 27 heavy (non-hydrogen) atoms. The predicted octanol–water partition coefficient (Wildman–Crippen LogP) is 2.14. The van der Waals surface area contributed by atoms with Crippen LogP contribution in [0.25, 0.3) is 11.1 Å². The Balaban J connectivity index is 2.09. The minimum atomic E-state index is -3.72. The highest BCUT2D eigenvalue weighted by Gasteiger charge is 2.20. The zero-order chi connectivity index (χ0) is 19.6. The van der Waals surface area contributed by atoms with Gasteiger partial charge in [0.1, 0.15) is 17.7 Å². The number of aromatic nitrogens is 2. The predicted molar refractivity (Wildman–Crippen MR) is 97.9 cm³/mol. The number of fused-ring (bicyclic) bond motifs is 1. The molecule has 0 amide bonds. The summed E-state index contributed by atoms with van der Waals surface area (Å²) in [4.78, 5) is 19.7. The highest BCUT2D eigenvalue weighted by molar-refractivity contribution is 7.90. The Bertz CT molecular complexity index is 1140. The maximum absolute atomic E-state index is 11.9. The minimum absolute atomic E-state index is 0.0526. The Hall–Kier alpha value is -2.94. The zero-order valence-electron chi connectivity index (χ0n) is 15.1. The van der Waals surface area contributed by atoms with E-state index in [0.29, 0.717) is 23.1 Å². The van der Waals surface area contributed by atoms with Crippen LogP contribution < -0.4 is 15.1 Å². The number of rotatable bonds is 6. The molecular weight excluding hydrogens is 372 g/mol. The lowest BCUT2D eigenvalue weighted by atomic mass is 10.1. The third kappa shape index (κ3) is 4.08. The molecule has 9 heteroatoms. The fraction of sp³-hybridized carbons (Fsp3) is 0.278. The standard InChI is InChI=1S/C18H18N2O6S/c1-4-12-9-14(21)26-17-15(12)16(19-18(20-17)27(3,22)23)25-10-11-5-7-13(24-2)8-6-11/h5-9H,4,10H2,1-3H3. The van der Waals surface area contributed by atoms with Crippen LogP contribution in [0.3, 0.4) is 0 Å². The van der Waals surface area contributed by atoms with E-state index in [2.05, 4.69) is 9.97 Å². The molecule has 0 saturated carbocycles. The van der Waals surface area contributed by atoms with Crippen molar-refractivity contribution in [3.05, 3.63) is 51.9 Å². The van der Waals surface area contributed by atoms with E-state index in [9.17, 15) is 13.2 Å². The molecular formula is C18H18N2O6S. The number of nitrogens with zero attached hydrogens (tertiary/aromatic N) is 2. The highest BCUT2D eigenvalue weighted by atomic mass is 32.2. The van der Waals surface area contributed by atoms with Gasteiger partial charge >= 0.3 is 5.63 Å². The van der Waals surface area contributed by atoms with Gasteiger partial charge in [-0.2, -0.15) is 9.97 Å². The van der Waals surface area contributed by atoms with Gasteiger partial charge in [-0.15, -0.1) is 0 Å². The molecule has 0 N–H and O–H groups in total. The molecule has 3 rings (SSSR count). The van der Waals surface area contributed by atoms with Crippen molar-refractivity contribution in [1.82, 2.24) is 9.97 Å². The summed E-state index contributed by atoms with van der Waals surface area (Å²) in [6, 6.07) is 8.54. The van der Waals surface area contributed by atoms with E-state index in [4.69, 9.17) is 13.9 Å². The minimum Gasteiger partial charge on any atom is -0.497 e. The number of benzene rings is 1. The number of hydrogen-bond donors (Lipinski definition) is 0. The molecule has 2 heterocycles. The molecule has 3 aromatic rings. The maximum Gasteiger partial charge on any atom is 0.337 e. The number of methoxy groups -OCH3 is 1. The lowest BCUT2D eigenvalue weighted by molar-refractivity contribution is 0.293. The van der Waals surface area contributed by atoms with Crippen molar-refractivity contribution in [3.63, 3.8) is 0 Å². The molecule has 0 bridgehead atoms. The second kappa shape index (κ2) is 7.36. The lowest BCUT2D eigenvalue weighted by Crippen LogP contribution is -2.10. The molecule has 0 aliphatic carbocycles. The number of sulfone groups is 1. The summed E-state index contributed by atoms with van der Waals surface area (Å²) < 4.78 is 39.8. The van der Waals surface area contributed by atoms with Crippen molar-refractivity contribution in [3.8, 4) is 11.6 Å². The Morgan fingerprint density at radius 2 is 1.85 bits per heavy atom. The molecule has 0 fully saturated rings. The lowest BCUT2D eigenvalue weighted by Gasteiger charge is -2.11. The summed E-state index contributed by atoms with van der Waals surface area (Å²) in [6.45, 7) is 1.99. The van der Waals surface area contributed by atoms with Crippen molar-refractivity contribution in [1.29, 1.82) is 0 Å². The molecule has 0 unspecified atom stereocenters. The van der Waals surface area contributed by atoms with Crippen molar-refractivity contribution in [2.24, 2.45) is 0 Å². The average molecular weight is 390 g/mol. The van der Waals surface area contributed by atoms with Crippen LogP contribution in [0.4, 0.5) is 0 Å². The van der Waals surface area contributed by atoms with Gasteiger partial charge in [-0.1, -0.05) is 19.1 Å². The normalized spacial score (nSPS) is 11.5. The van der Waals surface area contributed by atoms with Crippen molar-refractivity contribution >= 4 is 20.9 Å². The second-order valence-corrected chi connectivity index (χ2v) is 7.75. The molecule has 2 aromatic heterocycles. The molecule has 0 aliphatic heterocycles. The molecule has 0 aliphatic rings. The van der Waals surface area contributed by atoms with Gasteiger partial charge in [-0.05, 0) is 29.7 Å². The van der Waals surface area contributed by atoms with Crippen LogP contribution >= 0.6 is 0 Å². The third-order valence-corrected chi connectivity index (χ3v) is 4.73. The van der Waals surface area contributed by atoms with E-state index in [-0.39, 0.29) is 18.2 Å². The van der Waals surface area contributed by atoms with Gasteiger partial charge < -0.3 is 13.9 Å². The maximum atomic E-state index is 11.9. The van der Waals surface area contributed by atoms with Gasteiger partial charge in [0.15, 0.2) is 0 Å². The monoisotopic (exact) mass is 390 g/mol. The molecule has 0 atom stereocenters. The first-order valence-electron chi connectivity index (χ1n) is 8.12. The Labute approximate surface area is 155 Å². The van der Waals surface area contributed by atoms with Crippen molar-refractivity contribution < 1.29 is 22.3 Å². The highest BCUT2D eigenvalue weighted by Crippen LogP contribution is 2.27. The van der Waals surface area contributed by atoms with E-state index >= 15 is 0 Å². The number of ether oxygens (including phenoxy) is 2. The van der Waals surface area contributed by atoms with E-state index < -0.39 is 20.6 Å². The summed E-state index contributed by atoms with van der Waals surface area (Å²) >= 11 is 0. The first kappa shape index (κ1) is 18.8. The van der Waals surface area contributed by atoms with Crippen LogP contribution in [0.15, 0.2) is 44.7 Å². The van der Waals surface area contributed by atoms with E-state index in [1.165, 1.54) is 6.07 Å². The van der Waals surface area contributed by atoms with Crippen LogP contribution in [-0.2, 0) is 22.9 Å². The van der Waals surface area contributed by atoms with Crippen molar-refractivity contribution in [2.75, 3.05) is 13.4 Å². The molecule has 0 saturated heterocycles. The molecule has 0 radical (unpaired) electrons. The van der Waals surface area contributed by atoms with Gasteiger partial charge in [0.05, 0.1) is 7.11 Å². The number of hydrogen-bond acceptors (Lipinski definition) is 8. The first-order valence-corrected chi connectivity index (χ1v) is 10.0. The molecule has 8 nitrogen and oxygen atoms in total.